The second kappa shape index (κ2) is 8.62. The molecule has 0 bridgehead atoms. The number of imidazole rings is 1. The lowest BCUT2D eigenvalue weighted by atomic mass is 10.3. The number of rotatable bonds is 7. The van der Waals surface area contributed by atoms with Crippen LogP contribution in [0.2, 0.25) is 0 Å². The molecule has 1 aromatic heterocycles. The summed E-state index contributed by atoms with van der Waals surface area (Å²) in [5.41, 5.74) is 0.499. The number of nitrogens with one attached hydrogen (secondary N) is 1. The highest BCUT2D eigenvalue weighted by Gasteiger charge is 2.29. The Kier molecular flexibility index (Phi) is 5.86. The van der Waals surface area contributed by atoms with E-state index in [2.05, 4.69) is 9.71 Å². The van der Waals surface area contributed by atoms with Crippen LogP contribution in [0.3, 0.4) is 0 Å². The number of nitro groups is 1. The number of anilines is 1. The van der Waals surface area contributed by atoms with Crippen molar-refractivity contribution in [3.63, 3.8) is 0 Å². The Morgan fingerprint density at radius 2 is 1.61 bits per heavy atom. The number of nitrogens with zero attached hydrogens (tertiary/aromatic N) is 3. The topological polar surface area (TPSA) is 144 Å². The van der Waals surface area contributed by atoms with E-state index in [1.165, 1.54) is 29.1 Å². The van der Waals surface area contributed by atoms with Gasteiger partial charge in [0.2, 0.25) is 5.57 Å². The molecule has 4 aromatic rings. The summed E-state index contributed by atoms with van der Waals surface area (Å²) in [4.78, 5) is 24.8. The van der Waals surface area contributed by atoms with Crippen molar-refractivity contribution < 1.29 is 22.8 Å². The molecule has 0 saturated carbocycles. The van der Waals surface area contributed by atoms with Crippen LogP contribution in [0.5, 0.6) is 0 Å². The maximum absolute atomic E-state index is 13.1. The fourth-order valence-electron chi connectivity index (χ4n) is 3.12. The molecule has 0 aliphatic carbocycles. The number of non-ortho nitro benzene ring substituents is 1. The van der Waals surface area contributed by atoms with Gasteiger partial charge in [-0.2, -0.15) is 0 Å². The number of aromatic nitrogens is 2. The summed E-state index contributed by atoms with van der Waals surface area (Å²) in [7, 11) is -7.92. The SMILES string of the molecule is O=[N+]([O-])c1ccc(S(=O)(=O)Nc2ccc(-n3ccnc3P(=O)(O)c3ccccc3)cc2)cc1. The van der Waals surface area contributed by atoms with Gasteiger partial charge in [-0.05, 0) is 48.5 Å². The van der Waals surface area contributed by atoms with Crippen LogP contribution in [0.25, 0.3) is 5.69 Å². The van der Waals surface area contributed by atoms with E-state index >= 15 is 0 Å². The molecule has 12 heteroatoms. The van der Waals surface area contributed by atoms with Crippen molar-refractivity contribution in [3.8, 4) is 5.69 Å². The summed E-state index contributed by atoms with van der Waals surface area (Å²) in [5, 5.41) is 11.0. The van der Waals surface area contributed by atoms with E-state index < -0.39 is 22.3 Å². The summed E-state index contributed by atoms with van der Waals surface area (Å²) in [6.07, 6.45) is 2.95. The van der Waals surface area contributed by atoms with Gasteiger partial charge in [0.25, 0.3) is 23.1 Å². The van der Waals surface area contributed by atoms with Crippen LogP contribution < -0.4 is 15.6 Å². The van der Waals surface area contributed by atoms with Gasteiger partial charge in [0.15, 0.2) is 0 Å². The Morgan fingerprint density at radius 1 is 0.970 bits per heavy atom. The molecule has 1 heterocycles. The van der Waals surface area contributed by atoms with Gasteiger partial charge in [-0.15, -0.1) is 0 Å². The molecule has 4 rings (SSSR count). The summed E-state index contributed by atoms with van der Waals surface area (Å²) in [6, 6.07) is 18.8. The smallest absolute Gasteiger partial charge is 0.293 e. The second-order valence-corrected chi connectivity index (χ2v) is 10.7. The lowest BCUT2D eigenvalue weighted by Gasteiger charge is -2.14. The summed E-state index contributed by atoms with van der Waals surface area (Å²) in [6.45, 7) is 0. The fourth-order valence-corrected chi connectivity index (χ4v) is 5.68. The molecule has 0 fully saturated rings. The first-order chi connectivity index (χ1) is 15.7. The molecule has 33 heavy (non-hydrogen) atoms. The van der Waals surface area contributed by atoms with E-state index in [-0.39, 0.29) is 27.1 Å². The average molecular weight is 484 g/mol. The quantitative estimate of drug-likeness (QED) is 0.233. The van der Waals surface area contributed by atoms with Gasteiger partial charge < -0.3 is 4.89 Å². The highest BCUT2D eigenvalue weighted by molar-refractivity contribution is 7.92. The molecule has 3 aromatic carbocycles. The molecule has 2 N–H and O–H groups in total. The molecule has 0 aliphatic rings. The summed E-state index contributed by atoms with van der Waals surface area (Å²) >= 11 is 0. The monoisotopic (exact) mass is 484 g/mol. The van der Waals surface area contributed by atoms with Gasteiger partial charge in [-0.25, -0.2) is 13.4 Å². The Morgan fingerprint density at radius 3 is 2.21 bits per heavy atom. The van der Waals surface area contributed by atoms with Crippen LogP contribution in [0.15, 0.2) is 96.2 Å². The van der Waals surface area contributed by atoms with Crippen molar-refractivity contribution in [3.05, 3.63) is 101 Å². The van der Waals surface area contributed by atoms with E-state index in [0.717, 1.165) is 24.3 Å². The van der Waals surface area contributed by atoms with E-state index in [9.17, 15) is 28.0 Å². The molecule has 10 nitrogen and oxygen atoms in total. The zero-order valence-electron chi connectivity index (χ0n) is 16.8. The van der Waals surface area contributed by atoms with Gasteiger partial charge in [0, 0.05) is 41.2 Å². The maximum Gasteiger partial charge on any atom is 0.293 e. The first kappa shape index (κ1) is 22.4. The number of sulfonamides is 1. The van der Waals surface area contributed by atoms with Crippen LogP contribution in [-0.2, 0) is 14.6 Å². The van der Waals surface area contributed by atoms with E-state index in [0.29, 0.717) is 5.69 Å². The van der Waals surface area contributed by atoms with Gasteiger partial charge >= 0.3 is 0 Å². The van der Waals surface area contributed by atoms with E-state index in [1.54, 1.807) is 42.5 Å². The zero-order chi connectivity index (χ0) is 23.6. The third kappa shape index (κ3) is 4.56. The molecule has 168 valence electrons. The van der Waals surface area contributed by atoms with Crippen LogP contribution in [0, 0.1) is 10.1 Å². The minimum Gasteiger partial charge on any atom is -0.336 e. The number of benzene rings is 3. The third-order valence-corrected chi connectivity index (χ3v) is 8.02. The molecular weight excluding hydrogens is 467 g/mol. The average Bonchev–Trinajstić information content (AvgIpc) is 3.31. The van der Waals surface area contributed by atoms with Crippen molar-refractivity contribution in [2.75, 3.05) is 4.72 Å². The van der Waals surface area contributed by atoms with Crippen LogP contribution in [0.4, 0.5) is 11.4 Å². The van der Waals surface area contributed by atoms with Crippen molar-refractivity contribution >= 4 is 39.6 Å². The van der Waals surface area contributed by atoms with Crippen molar-refractivity contribution in [1.82, 2.24) is 9.55 Å². The fraction of sp³-hybridized carbons (Fsp3) is 0. The highest BCUT2D eigenvalue weighted by Crippen LogP contribution is 2.37. The molecule has 0 amide bonds. The van der Waals surface area contributed by atoms with E-state index in [4.69, 9.17) is 0 Å². The minimum atomic E-state index is -3.97. The standard InChI is InChI=1S/C21H17N4O6PS/c26-25(27)18-10-12-20(13-11-18)33(30,31)23-16-6-8-17(9-7-16)24-15-14-22-21(24)32(28,29)19-4-2-1-3-5-19/h1-15,23H,(H,28,29). The van der Waals surface area contributed by atoms with Crippen molar-refractivity contribution in [1.29, 1.82) is 0 Å². The summed E-state index contributed by atoms with van der Waals surface area (Å²) in [5.74, 6) is 0. The molecule has 0 spiro atoms. The first-order valence-electron chi connectivity index (χ1n) is 9.48. The van der Waals surface area contributed by atoms with Crippen LogP contribution in [-0.4, -0.2) is 27.8 Å². The number of nitro benzene ring substituents is 1. The number of hydrogen-bond donors (Lipinski definition) is 2. The van der Waals surface area contributed by atoms with Gasteiger partial charge in [-0.3, -0.25) is 24.0 Å². The van der Waals surface area contributed by atoms with Gasteiger partial charge in [0.05, 0.1) is 9.82 Å². The molecule has 0 radical (unpaired) electrons. The van der Waals surface area contributed by atoms with Gasteiger partial charge in [-0.1, -0.05) is 18.2 Å². The molecular formula is C21H17N4O6PS. The predicted molar refractivity (Wildman–Crippen MR) is 123 cm³/mol. The van der Waals surface area contributed by atoms with Crippen LogP contribution >= 0.6 is 7.37 Å². The first-order valence-corrected chi connectivity index (χ1v) is 12.6. The highest BCUT2D eigenvalue weighted by atomic mass is 32.2. The van der Waals surface area contributed by atoms with Gasteiger partial charge in [0.1, 0.15) is 0 Å². The Bertz CT molecular complexity index is 1450. The lowest BCUT2D eigenvalue weighted by molar-refractivity contribution is -0.384. The zero-order valence-corrected chi connectivity index (χ0v) is 18.6. The molecule has 1 unspecified atom stereocenters. The third-order valence-electron chi connectivity index (χ3n) is 4.75. The largest absolute Gasteiger partial charge is 0.336 e. The van der Waals surface area contributed by atoms with E-state index in [1.807, 2.05) is 0 Å². The lowest BCUT2D eigenvalue weighted by Crippen LogP contribution is -2.24. The molecule has 1 atom stereocenters. The number of hydrogen-bond acceptors (Lipinski definition) is 6. The summed E-state index contributed by atoms with van der Waals surface area (Å²) < 4.78 is 42.1. The van der Waals surface area contributed by atoms with Crippen molar-refractivity contribution in [2.45, 2.75) is 4.90 Å². The van der Waals surface area contributed by atoms with Crippen molar-refractivity contribution in [2.24, 2.45) is 0 Å². The second-order valence-electron chi connectivity index (χ2n) is 6.91. The minimum absolute atomic E-state index is 0.0343. The molecule has 0 aliphatic heterocycles. The normalized spacial score (nSPS) is 13.2. The Hall–Kier alpha value is -3.79. The van der Waals surface area contributed by atoms with Crippen LogP contribution in [0.1, 0.15) is 0 Å². The maximum atomic E-state index is 13.1. The Balaban J connectivity index is 1.58. The Labute approximate surface area is 188 Å². The molecule has 0 saturated heterocycles. The predicted octanol–water partition coefficient (Wildman–Crippen LogP) is 2.80.